The van der Waals surface area contributed by atoms with E-state index in [0.717, 1.165) is 43.6 Å². The second kappa shape index (κ2) is 4.69. The van der Waals surface area contributed by atoms with Crippen molar-refractivity contribution in [3.05, 3.63) is 23.3 Å². The summed E-state index contributed by atoms with van der Waals surface area (Å²) in [6, 6.07) is 4.56. The van der Waals surface area contributed by atoms with E-state index in [4.69, 9.17) is 5.73 Å². The van der Waals surface area contributed by atoms with Crippen molar-refractivity contribution in [3.8, 4) is 5.75 Å². The average Bonchev–Trinajstić information content (AvgIpc) is 2.95. The first kappa shape index (κ1) is 12.8. The molecule has 0 amide bonds. The van der Waals surface area contributed by atoms with Gasteiger partial charge < -0.3 is 15.7 Å². The topological polar surface area (TPSA) is 52.7 Å². The highest BCUT2D eigenvalue weighted by molar-refractivity contribution is 5.65. The lowest BCUT2D eigenvalue weighted by Crippen LogP contribution is -2.20. The van der Waals surface area contributed by atoms with Gasteiger partial charge >= 0.3 is 0 Å². The molecule has 19 heavy (non-hydrogen) atoms. The molecule has 2 heterocycles. The Hall–Kier alpha value is -1.26. The summed E-state index contributed by atoms with van der Waals surface area (Å²) < 4.78 is 0. The molecule has 0 saturated carbocycles. The van der Waals surface area contributed by atoms with Crippen molar-refractivity contribution >= 4 is 5.69 Å². The van der Waals surface area contributed by atoms with Gasteiger partial charge in [0, 0.05) is 43.0 Å². The fourth-order valence-corrected chi connectivity index (χ4v) is 3.56. The molecule has 104 valence electrons. The summed E-state index contributed by atoms with van der Waals surface area (Å²) in [5.74, 6) is 1.06. The molecule has 4 heteroatoms. The van der Waals surface area contributed by atoms with Crippen LogP contribution in [-0.2, 0) is 6.42 Å². The summed E-state index contributed by atoms with van der Waals surface area (Å²) in [7, 11) is 4.20. The van der Waals surface area contributed by atoms with Gasteiger partial charge in [-0.25, -0.2) is 0 Å². The van der Waals surface area contributed by atoms with Crippen molar-refractivity contribution in [2.75, 3.05) is 38.6 Å². The van der Waals surface area contributed by atoms with Crippen LogP contribution in [0.25, 0.3) is 0 Å². The molecule has 1 saturated heterocycles. The van der Waals surface area contributed by atoms with Gasteiger partial charge in [-0.3, -0.25) is 4.90 Å². The second-order valence-electron chi connectivity index (χ2n) is 5.97. The summed E-state index contributed by atoms with van der Waals surface area (Å²) in [5, 5.41) is 10.6. The molecule has 4 nitrogen and oxygen atoms in total. The molecule has 0 spiro atoms. The maximum absolute atomic E-state index is 10.6. The summed E-state index contributed by atoms with van der Waals surface area (Å²) in [4.78, 5) is 4.53. The molecule has 0 aromatic heterocycles. The van der Waals surface area contributed by atoms with E-state index in [-0.39, 0.29) is 0 Å². The molecule has 0 radical (unpaired) electrons. The number of likely N-dealkylation sites (tertiary alicyclic amines) is 1. The molecule has 1 fully saturated rings. The van der Waals surface area contributed by atoms with Crippen LogP contribution in [0.4, 0.5) is 5.69 Å². The van der Waals surface area contributed by atoms with Gasteiger partial charge in [-0.1, -0.05) is 6.07 Å². The van der Waals surface area contributed by atoms with Crippen LogP contribution in [0.3, 0.4) is 0 Å². The largest absolute Gasteiger partial charge is 0.507 e. The summed E-state index contributed by atoms with van der Waals surface area (Å²) in [6.07, 6.45) is 2.00. The van der Waals surface area contributed by atoms with Crippen LogP contribution >= 0.6 is 0 Å². The highest BCUT2D eigenvalue weighted by Crippen LogP contribution is 2.43. The monoisotopic (exact) mass is 261 g/mol. The lowest BCUT2D eigenvalue weighted by molar-refractivity contribution is 0.305. The maximum Gasteiger partial charge on any atom is 0.125 e. The van der Waals surface area contributed by atoms with Gasteiger partial charge in [0.05, 0.1) is 0 Å². The normalized spacial score (nSPS) is 27.0. The summed E-state index contributed by atoms with van der Waals surface area (Å²) in [5.41, 5.74) is 9.16. The predicted molar refractivity (Wildman–Crippen MR) is 77.6 cm³/mol. The Morgan fingerprint density at radius 3 is 2.84 bits per heavy atom. The van der Waals surface area contributed by atoms with Crippen LogP contribution in [0.2, 0.25) is 0 Å². The Kier molecular flexibility index (Phi) is 3.15. The minimum Gasteiger partial charge on any atom is -0.507 e. The van der Waals surface area contributed by atoms with E-state index in [0.29, 0.717) is 17.7 Å². The Morgan fingerprint density at radius 2 is 2.16 bits per heavy atom. The van der Waals surface area contributed by atoms with Gasteiger partial charge in [-0.2, -0.15) is 0 Å². The Labute approximate surface area is 114 Å². The second-order valence-corrected chi connectivity index (χ2v) is 5.97. The fourth-order valence-electron chi connectivity index (χ4n) is 3.56. The number of phenols is 1. The number of aromatic hydroxyl groups is 1. The van der Waals surface area contributed by atoms with Crippen molar-refractivity contribution in [3.63, 3.8) is 0 Å². The van der Waals surface area contributed by atoms with Gasteiger partial charge in [-0.05, 0) is 38.4 Å². The van der Waals surface area contributed by atoms with Crippen LogP contribution in [-0.4, -0.2) is 43.7 Å². The van der Waals surface area contributed by atoms with E-state index < -0.39 is 0 Å². The fraction of sp³-hybridized carbons (Fsp3) is 0.600. The number of fused-ring (bicyclic) bond motifs is 1. The molecule has 2 atom stereocenters. The highest BCUT2D eigenvalue weighted by atomic mass is 16.3. The van der Waals surface area contributed by atoms with Gasteiger partial charge in [0.15, 0.2) is 0 Å². The average molecular weight is 261 g/mol. The highest BCUT2D eigenvalue weighted by Gasteiger charge is 2.33. The van der Waals surface area contributed by atoms with Crippen molar-refractivity contribution in [1.29, 1.82) is 0 Å². The standard InChI is InChI=1S/C15H23N3O/c1-17-6-5-12-13(17)4-3-11(15(12)19)14-7-10(8-16)9-18(14)2/h3-4,10,14,19H,5-9,16H2,1-2H3. The van der Waals surface area contributed by atoms with Crippen molar-refractivity contribution < 1.29 is 5.11 Å². The van der Waals surface area contributed by atoms with Gasteiger partial charge in [0.2, 0.25) is 0 Å². The molecular formula is C15H23N3O. The Morgan fingerprint density at radius 1 is 1.37 bits per heavy atom. The lowest BCUT2D eigenvalue weighted by atomic mass is 9.96. The first-order chi connectivity index (χ1) is 9.11. The number of benzene rings is 1. The van der Waals surface area contributed by atoms with E-state index in [1.165, 1.54) is 5.69 Å². The number of likely N-dealkylation sites (N-methyl/N-ethyl adjacent to an activating group) is 1. The van der Waals surface area contributed by atoms with E-state index >= 15 is 0 Å². The molecule has 3 N–H and O–H groups in total. The number of rotatable bonds is 2. The van der Waals surface area contributed by atoms with E-state index in [1.54, 1.807) is 0 Å². The number of anilines is 1. The third-order valence-electron chi connectivity index (χ3n) is 4.72. The zero-order chi connectivity index (χ0) is 13.6. The third kappa shape index (κ3) is 1.99. The van der Waals surface area contributed by atoms with Crippen LogP contribution in [0.5, 0.6) is 5.75 Å². The van der Waals surface area contributed by atoms with E-state index in [1.807, 2.05) is 0 Å². The molecule has 2 aliphatic heterocycles. The first-order valence-corrected chi connectivity index (χ1v) is 7.08. The van der Waals surface area contributed by atoms with E-state index in [9.17, 15) is 5.11 Å². The number of nitrogens with zero attached hydrogens (tertiary/aromatic N) is 2. The molecular weight excluding hydrogens is 238 g/mol. The summed E-state index contributed by atoms with van der Waals surface area (Å²) >= 11 is 0. The molecule has 2 aliphatic rings. The maximum atomic E-state index is 10.6. The first-order valence-electron chi connectivity index (χ1n) is 7.08. The number of hydrogen-bond acceptors (Lipinski definition) is 4. The summed E-state index contributed by atoms with van der Waals surface area (Å²) in [6.45, 7) is 2.76. The van der Waals surface area contributed by atoms with E-state index in [2.05, 4.69) is 36.0 Å². The van der Waals surface area contributed by atoms with Crippen LogP contribution < -0.4 is 10.6 Å². The van der Waals surface area contributed by atoms with Gasteiger partial charge in [0.25, 0.3) is 0 Å². The predicted octanol–water partition coefficient (Wildman–Crippen LogP) is 1.34. The molecule has 3 rings (SSSR count). The van der Waals surface area contributed by atoms with Crippen molar-refractivity contribution in [2.24, 2.45) is 11.7 Å². The van der Waals surface area contributed by atoms with Crippen LogP contribution in [0.15, 0.2) is 12.1 Å². The molecule has 0 aliphatic carbocycles. The zero-order valence-electron chi connectivity index (χ0n) is 11.8. The number of hydrogen-bond donors (Lipinski definition) is 2. The molecule has 1 aromatic carbocycles. The smallest absolute Gasteiger partial charge is 0.125 e. The Balaban J connectivity index is 1.94. The quantitative estimate of drug-likeness (QED) is 0.843. The lowest BCUT2D eigenvalue weighted by Gasteiger charge is -2.22. The zero-order valence-corrected chi connectivity index (χ0v) is 11.8. The minimum atomic E-state index is 0.310. The minimum absolute atomic E-state index is 0.310. The number of phenolic OH excluding ortho intramolecular Hbond substituents is 1. The van der Waals surface area contributed by atoms with Crippen molar-refractivity contribution in [1.82, 2.24) is 4.90 Å². The van der Waals surface area contributed by atoms with Crippen LogP contribution in [0, 0.1) is 5.92 Å². The van der Waals surface area contributed by atoms with Crippen molar-refractivity contribution in [2.45, 2.75) is 18.9 Å². The SMILES string of the molecule is CN1CCc2c1ccc(C1CC(CN)CN1C)c2O. The van der Waals surface area contributed by atoms with Gasteiger partial charge in [-0.15, -0.1) is 0 Å². The number of nitrogens with two attached hydrogens (primary N) is 1. The molecule has 0 bridgehead atoms. The molecule has 1 aromatic rings. The Bertz CT molecular complexity index is 489. The third-order valence-corrected chi connectivity index (χ3v) is 4.72. The van der Waals surface area contributed by atoms with Gasteiger partial charge in [0.1, 0.15) is 5.75 Å². The molecule has 2 unspecified atom stereocenters. The van der Waals surface area contributed by atoms with Crippen LogP contribution in [0.1, 0.15) is 23.6 Å².